The van der Waals surface area contributed by atoms with E-state index in [4.69, 9.17) is 11.6 Å². The van der Waals surface area contributed by atoms with Gasteiger partial charge in [-0.1, -0.05) is 17.7 Å². The SMILES string of the molecule is CC(C)N1C(=O)C(=O)N(C(C)C)C1=Nc1cccc(Cl)c1. The van der Waals surface area contributed by atoms with E-state index in [1.165, 1.54) is 9.80 Å². The van der Waals surface area contributed by atoms with Gasteiger partial charge in [0.1, 0.15) is 0 Å². The molecule has 0 spiro atoms. The summed E-state index contributed by atoms with van der Waals surface area (Å²) in [5.74, 6) is -0.726. The van der Waals surface area contributed by atoms with Crippen molar-refractivity contribution in [1.82, 2.24) is 9.80 Å². The van der Waals surface area contributed by atoms with Crippen LogP contribution in [-0.4, -0.2) is 39.7 Å². The van der Waals surface area contributed by atoms with Crippen LogP contribution in [0.15, 0.2) is 29.3 Å². The molecule has 2 amide bonds. The molecule has 0 bridgehead atoms. The number of guanidine groups is 1. The first-order chi connectivity index (χ1) is 9.82. The van der Waals surface area contributed by atoms with Crippen molar-refractivity contribution in [1.29, 1.82) is 0 Å². The van der Waals surface area contributed by atoms with E-state index in [0.717, 1.165) is 0 Å². The number of amides is 2. The smallest absolute Gasteiger partial charge is 0.271 e. The van der Waals surface area contributed by atoms with Crippen LogP contribution >= 0.6 is 11.6 Å². The van der Waals surface area contributed by atoms with Crippen LogP contribution < -0.4 is 0 Å². The van der Waals surface area contributed by atoms with Gasteiger partial charge in [0, 0.05) is 17.1 Å². The number of halogens is 1. The maximum Gasteiger partial charge on any atom is 0.319 e. The molecule has 1 aromatic rings. The fraction of sp³-hybridized carbons (Fsp3) is 0.400. The lowest BCUT2D eigenvalue weighted by molar-refractivity contribution is -0.144. The Bertz CT molecular complexity index is 583. The van der Waals surface area contributed by atoms with Crippen molar-refractivity contribution in [2.24, 2.45) is 4.99 Å². The highest BCUT2D eigenvalue weighted by Crippen LogP contribution is 2.24. The Morgan fingerprint density at radius 1 is 1.00 bits per heavy atom. The Balaban J connectivity index is 2.53. The summed E-state index contributed by atoms with van der Waals surface area (Å²) in [6.45, 7) is 7.40. The molecule has 1 heterocycles. The van der Waals surface area contributed by atoms with Crippen LogP contribution in [-0.2, 0) is 9.59 Å². The number of carbonyl (C=O) groups is 2. The minimum atomic E-state index is -0.542. The van der Waals surface area contributed by atoms with E-state index in [1.807, 2.05) is 27.7 Å². The van der Waals surface area contributed by atoms with E-state index in [1.54, 1.807) is 24.3 Å². The summed E-state index contributed by atoms with van der Waals surface area (Å²) in [6, 6.07) is 6.70. The number of hydrogen-bond donors (Lipinski definition) is 0. The molecule has 0 aliphatic carbocycles. The topological polar surface area (TPSA) is 53.0 Å². The minimum absolute atomic E-state index is 0.150. The van der Waals surface area contributed by atoms with E-state index >= 15 is 0 Å². The molecule has 2 rings (SSSR count). The molecule has 1 aliphatic rings. The molecule has 1 aliphatic heterocycles. The third-order valence-corrected chi connectivity index (χ3v) is 3.36. The number of nitrogens with zero attached hydrogens (tertiary/aromatic N) is 3. The van der Waals surface area contributed by atoms with Gasteiger partial charge in [0.15, 0.2) is 0 Å². The third kappa shape index (κ3) is 2.93. The first kappa shape index (κ1) is 15.5. The molecule has 112 valence electrons. The van der Waals surface area contributed by atoms with Crippen LogP contribution in [0, 0.1) is 0 Å². The second-order valence-electron chi connectivity index (χ2n) is 5.43. The molecule has 0 unspecified atom stereocenters. The average Bonchev–Trinajstić information content (AvgIpc) is 2.61. The van der Waals surface area contributed by atoms with Crippen molar-refractivity contribution in [3.05, 3.63) is 29.3 Å². The molecular formula is C15H18ClN3O2. The van der Waals surface area contributed by atoms with Crippen molar-refractivity contribution >= 4 is 35.1 Å². The maximum absolute atomic E-state index is 12.2. The second-order valence-corrected chi connectivity index (χ2v) is 5.87. The lowest BCUT2D eigenvalue weighted by Gasteiger charge is -2.25. The molecule has 0 N–H and O–H groups in total. The van der Waals surface area contributed by atoms with Crippen molar-refractivity contribution in [2.45, 2.75) is 39.8 Å². The zero-order valence-electron chi connectivity index (χ0n) is 12.5. The molecule has 1 aromatic carbocycles. The van der Waals surface area contributed by atoms with Crippen LogP contribution in [0.4, 0.5) is 5.69 Å². The van der Waals surface area contributed by atoms with Gasteiger partial charge in [-0.05, 0) is 45.9 Å². The second kappa shape index (κ2) is 5.85. The van der Waals surface area contributed by atoms with Gasteiger partial charge in [-0.3, -0.25) is 19.4 Å². The number of benzene rings is 1. The van der Waals surface area contributed by atoms with Gasteiger partial charge in [-0.2, -0.15) is 0 Å². The zero-order valence-corrected chi connectivity index (χ0v) is 13.3. The summed E-state index contributed by atoms with van der Waals surface area (Å²) in [6.07, 6.45) is 0. The molecular weight excluding hydrogens is 290 g/mol. The largest absolute Gasteiger partial charge is 0.319 e. The predicted octanol–water partition coefficient (Wildman–Crippen LogP) is 2.82. The molecule has 0 radical (unpaired) electrons. The Morgan fingerprint density at radius 3 is 1.95 bits per heavy atom. The van der Waals surface area contributed by atoms with Gasteiger partial charge in [0.05, 0.1) is 5.69 Å². The maximum atomic E-state index is 12.2. The number of hydrogen-bond acceptors (Lipinski definition) is 3. The van der Waals surface area contributed by atoms with Crippen molar-refractivity contribution in [3.63, 3.8) is 0 Å². The molecule has 0 saturated carbocycles. The molecule has 6 heteroatoms. The quantitative estimate of drug-likeness (QED) is 0.806. The lowest BCUT2D eigenvalue weighted by atomic mass is 10.3. The van der Waals surface area contributed by atoms with Gasteiger partial charge in [-0.25, -0.2) is 4.99 Å². The summed E-state index contributed by atoms with van der Waals surface area (Å²) < 4.78 is 0. The first-order valence-corrected chi connectivity index (χ1v) is 7.21. The fourth-order valence-corrected chi connectivity index (χ4v) is 2.39. The molecule has 21 heavy (non-hydrogen) atoms. The highest BCUT2D eigenvalue weighted by Gasteiger charge is 2.45. The summed E-state index contributed by atoms with van der Waals surface area (Å²) in [5, 5.41) is 0.555. The Hall–Kier alpha value is -1.88. The van der Waals surface area contributed by atoms with E-state index in [0.29, 0.717) is 16.7 Å². The monoisotopic (exact) mass is 307 g/mol. The van der Waals surface area contributed by atoms with E-state index in [9.17, 15) is 9.59 Å². The molecule has 5 nitrogen and oxygen atoms in total. The van der Waals surface area contributed by atoms with Gasteiger partial charge in [-0.15, -0.1) is 0 Å². The summed E-state index contributed by atoms with van der Waals surface area (Å²) in [5.41, 5.74) is 0.608. The highest BCUT2D eigenvalue weighted by atomic mass is 35.5. The van der Waals surface area contributed by atoms with E-state index in [2.05, 4.69) is 4.99 Å². The van der Waals surface area contributed by atoms with Crippen LogP contribution in [0.5, 0.6) is 0 Å². The highest BCUT2D eigenvalue weighted by molar-refractivity contribution is 6.45. The number of rotatable bonds is 3. The predicted molar refractivity (Wildman–Crippen MR) is 82.5 cm³/mol. The summed E-state index contributed by atoms with van der Waals surface area (Å²) in [7, 11) is 0. The van der Waals surface area contributed by atoms with Gasteiger partial charge in [0.2, 0.25) is 5.96 Å². The van der Waals surface area contributed by atoms with E-state index < -0.39 is 11.8 Å². The van der Waals surface area contributed by atoms with Gasteiger partial charge < -0.3 is 0 Å². The molecule has 0 atom stereocenters. The molecule has 0 aromatic heterocycles. The fourth-order valence-electron chi connectivity index (χ4n) is 2.20. The standard InChI is InChI=1S/C15H18ClN3O2/c1-9(2)18-13(20)14(21)19(10(3)4)15(18)17-12-7-5-6-11(16)8-12/h5-10H,1-4H3. The lowest BCUT2D eigenvalue weighted by Crippen LogP contribution is -2.41. The van der Waals surface area contributed by atoms with Crippen molar-refractivity contribution in [3.8, 4) is 0 Å². The first-order valence-electron chi connectivity index (χ1n) is 6.84. The normalized spacial score (nSPS) is 15.7. The van der Waals surface area contributed by atoms with Crippen LogP contribution in [0.2, 0.25) is 5.02 Å². The Labute approximate surface area is 129 Å². The zero-order chi connectivity index (χ0) is 15.7. The minimum Gasteiger partial charge on any atom is -0.271 e. The number of aliphatic imine (C=N–C) groups is 1. The average molecular weight is 308 g/mol. The van der Waals surface area contributed by atoms with Crippen LogP contribution in [0.1, 0.15) is 27.7 Å². The molecule has 1 saturated heterocycles. The summed E-state index contributed by atoms with van der Waals surface area (Å²) in [4.78, 5) is 31.6. The summed E-state index contributed by atoms with van der Waals surface area (Å²) >= 11 is 5.96. The van der Waals surface area contributed by atoms with Crippen molar-refractivity contribution in [2.75, 3.05) is 0 Å². The van der Waals surface area contributed by atoms with E-state index in [-0.39, 0.29) is 12.1 Å². The molecule has 1 fully saturated rings. The third-order valence-electron chi connectivity index (χ3n) is 3.12. The Kier molecular flexibility index (Phi) is 4.32. The van der Waals surface area contributed by atoms with Crippen LogP contribution in [0.3, 0.4) is 0 Å². The van der Waals surface area contributed by atoms with Gasteiger partial charge in [0.25, 0.3) is 0 Å². The number of carbonyl (C=O) groups excluding carboxylic acids is 2. The van der Waals surface area contributed by atoms with Crippen molar-refractivity contribution < 1.29 is 9.59 Å². The van der Waals surface area contributed by atoms with Gasteiger partial charge >= 0.3 is 11.8 Å². The Morgan fingerprint density at radius 2 is 1.52 bits per heavy atom. The van der Waals surface area contributed by atoms with Crippen LogP contribution in [0.25, 0.3) is 0 Å².